The van der Waals surface area contributed by atoms with Gasteiger partial charge in [0, 0.05) is 61.1 Å². The molecule has 1 atom stereocenters. The smallest absolute Gasteiger partial charge is 0.253 e. The number of phenols is 1. The van der Waals surface area contributed by atoms with Gasteiger partial charge in [0.25, 0.3) is 5.91 Å². The zero-order chi connectivity index (χ0) is 26.3. The number of amides is 1. The number of hydrogen-bond donors (Lipinski definition) is 2. The Morgan fingerprint density at radius 1 is 1.05 bits per heavy atom. The molecule has 6 nitrogen and oxygen atoms in total. The molecule has 1 amide bonds. The number of hydrogen-bond acceptors (Lipinski definition) is 5. The van der Waals surface area contributed by atoms with Gasteiger partial charge in [-0.15, -0.1) is 0 Å². The number of likely N-dealkylation sites (tertiary alicyclic amines) is 1. The third-order valence-electron chi connectivity index (χ3n) is 8.94. The molecule has 3 aliphatic rings. The van der Waals surface area contributed by atoms with E-state index < -0.39 is 0 Å². The van der Waals surface area contributed by atoms with Crippen LogP contribution in [0.15, 0.2) is 67.5 Å². The van der Waals surface area contributed by atoms with Gasteiger partial charge in [-0.25, -0.2) is 0 Å². The number of benzene rings is 2. The Morgan fingerprint density at radius 3 is 2.61 bits per heavy atom. The summed E-state index contributed by atoms with van der Waals surface area (Å²) < 4.78 is 0. The quantitative estimate of drug-likeness (QED) is 0.478. The summed E-state index contributed by atoms with van der Waals surface area (Å²) in [6.07, 6.45) is 8.98. The highest BCUT2D eigenvalue weighted by Gasteiger charge is 2.42. The molecule has 2 fully saturated rings. The number of fused-ring (bicyclic) bond motifs is 1. The predicted octanol–water partition coefficient (Wildman–Crippen LogP) is 5.48. The van der Waals surface area contributed by atoms with Crippen LogP contribution in [0.3, 0.4) is 0 Å². The molecular weight excluding hydrogens is 472 g/mol. The molecule has 6 rings (SSSR count). The van der Waals surface area contributed by atoms with Gasteiger partial charge >= 0.3 is 0 Å². The van der Waals surface area contributed by atoms with Crippen LogP contribution in [0.4, 0.5) is 5.69 Å². The molecular formula is C32H36N4O2. The van der Waals surface area contributed by atoms with E-state index >= 15 is 0 Å². The normalized spacial score (nSPS) is 20.0. The molecule has 2 saturated heterocycles. The molecule has 1 unspecified atom stereocenters. The third-order valence-corrected chi connectivity index (χ3v) is 8.94. The van der Waals surface area contributed by atoms with Gasteiger partial charge in [0.2, 0.25) is 0 Å². The van der Waals surface area contributed by atoms with Crippen LogP contribution in [-0.4, -0.2) is 47.1 Å². The van der Waals surface area contributed by atoms with E-state index in [4.69, 9.17) is 0 Å². The fourth-order valence-electron chi connectivity index (χ4n) is 6.60. The number of piperidine rings is 1. The summed E-state index contributed by atoms with van der Waals surface area (Å²) in [5.41, 5.74) is 7.52. The topological polar surface area (TPSA) is 68.7 Å². The Bertz CT molecular complexity index is 1360. The Kier molecular flexibility index (Phi) is 6.34. The first-order chi connectivity index (χ1) is 18.4. The van der Waals surface area contributed by atoms with Crippen molar-refractivity contribution in [1.82, 2.24) is 15.2 Å². The minimum Gasteiger partial charge on any atom is -0.508 e. The van der Waals surface area contributed by atoms with E-state index in [1.807, 2.05) is 31.5 Å². The van der Waals surface area contributed by atoms with Crippen molar-refractivity contribution in [2.75, 3.05) is 31.1 Å². The van der Waals surface area contributed by atoms with Crippen molar-refractivity contribution in [2.24, 2.45) is 5.41 Å². The number of carbonyl (C=O) groups excluding carboxylic acids is 1. The van der Waals surface area contributed by atoms with Crippen molar-refractivity contribution >= 4 is 17.3 Å². The molecule has 2 aromatic carbocycles. The minimum absolute atomic E-state index is 0.106. The Morgan fingerprint density at radius 2 is 1.82 bits per heavy atom. The maximum Gasteiger partial charge on any atom is 0.253 e. The van der Waals surface area contributed by atoms with Crippen LogP contribution in [0.25, 0.3) is 5.70 Å². The van der Waals surface area contributed by atoms with Crippen LogP contribution in [0, 0.1) is 12.3 Å². The monoisotopic (exact) mass is 508 g/mol. The number of nitrogens with zero attached hydrogens (tertiary/aromatic N) is 3. The molecule has 0 saturated carbocycles. The zero-order valence-corrected chi connectivity index (χ0v) is 22.1. The second-order valence-corrected chi connectivity index (χ2v) is 11.3. The van der Waals surface area contributed by atoms with E-state index in [1.165, 1.54) is 16.8 Å². The number of aromatic hydroxyl groups is 1. The lowest BCUT2D eigenvalue weighted by Gasteiger charge is -2.40. The van der Waals surface area contributed by atoms with Gasteiger partial charge in [-0.3, -0.25) is 9.78 Å². The van der Waals surface area contributed by atoms with Crippen LogP contribution in [0.2, 0.25) is 0 Å². The summed E-state index contributed by atoms with van der Waals surface area (Å²) in [5, 5.41) is 13.5. The van der Waals surface area contributed by atoms with Crippen molar-refractivity contribution in [2.45, 2.75) is 45.1 Å². The van der Waals surface area contributed by atoms with E-state index in [0.717, 1.165) is 80.7 Å². The van der Waals surface area contributed by atoms with Crippen LogP contribution < -0.4 is 10.2 Å². The van der Waals surface area contributed by atoms with Gasteiger partial charge in [-0.05, 0) is 97.5 Å². The van der Waals surface area contributed by atoms with Gasteiger partial charge in [0.1, 0.15) is 5.75 Å². The Labute approximate surface area is 225 Å². The molecule has 2 aliphatic heterocycles. The average Bonchev–Trinajstić information content (AvgIpc) is 3.54. The molecule has 3 heterocycles. The molecule has 3 aromatic rings. The number of aryl methyl sites for hydroxylation is 2. The van der Waals surface area contributed by atoms with E-state index in [9.17, 15) is 9.90 Å². The van der Waals surface area contributed by atoms with Crippen molar-refractivity contribution in [3.63, 3.8) is 0 Å². The highest BCUT2D eigenvalue weighted by Crippen LogP contribution is 2.42. The van der Waals surface area contributed by atoms with Crippen LogP contribution in [0.1, 0.15) is 64.3 Å². The largest absolute Gasteiger partial charge is 0.508 e. The summed E-state index contributed by atoms with van der Waals surface area (Å²) in [6.45, 7) is 10.0. The number of aromatic nitrogens is 1. The maximum absolute atomic E-state index is 13.6. The van der Waals surface area contributed by atoms with E-state index in [-0.39, 0.29) is 23.1 Å². The third kappa shape index (κ3) is 4.64. The van der Waals surface area contributed by atoms with E-state index in [0.29, 0.717) is 0 Å². The summed E-state index contributed by atoms with van der Waals surface area (Å²) in [6, 6.07) is 15.9. The number of nitrogens with one attached hydrogen (secondary N) is 1. The first-order valence-corrected chi connectivity index (χ1v) is 13.7. The first-order valence-electron chi connectivity index (χ1n) is 13.7. The summed E-state index contributed by atoms with van der Waals surface area (Å²) in [5.74, 6) is 0.384. The van der Waals surface area contributed by atoms with Gasteiger partial charge in [-0.2, -0.15) is 0 Å². The molecule has 0 radical (unpaired) electrons. The second-order valence-electron chi connectivity index (χ2n) is 11.3. The van der Waals surface area contributed by atoms with Crippen molar-refractivity contribution in [1.29, 1.82) is 0 Å². The van der Waals surface area contributed by atoms with Crippen molar-refractivity contribution in [3.8, 4) is 5.75 Å². The zero-order valence-electron chi connectivity index (χ0n) is 22.1. The van der Waals surface area contributed by atoms with E-state index in [2.05, 4.69) is 50.9 Å². The molecule has 2 N–H and O–H groups in total. The highest BCUT2D eigenvalue weighted by atomic mass is 16.3. The summed E-state index contributed by atoms with van der Waals surface area (Å²) in [4.78, 5) is 22.3. The van der Waals surface area contributed by atoms with Crippen LogP contribution >= 0.6 is 0 Å². The molecule has 6 heteroatoms. The molecule has 1 aliphatic carbocycles. The van der Waals surface area contributed by atoms with Gasteiger partial charge in [0.15, 0.2) is 0 Å². The minimum atomic E-state index is 0.106. The fourth-order valence-corrected chi connectivity index (χ4v) is 6.60. The van der Waals surface area contributed by atoms with Crippen LogP contribution in [0.5, 0.6) is 5.75 Å². The fraction of sp³-hybridized carbons (Fsp3) is 0.375. The van der Waals surface area contributed by atoms with Gasteiger partial charge in [-0.1, -0.05) is 18.7 Å². The number of carbonyl (C=O) groups is 1. The Balaban J connectivity index is 1.12. The number of phenolic OH excluding ortho intramolecular Hbond substituents is 1. The number of anilines is 1. The number of rotatable bonds is 5. The molecule has 0 bridgehead atoms. The van der Waals surface area contributed by atoms with E-state index in [1.54, 1.807) is 12.1 Å². The SMILES string of the molecule is C=C(NC1CCc2ccc(C(=O)N3CCC4(CCN(c5ccncc5)CC4)C3)cc21)c1cc(O)ccc1C. The lowest BCUT2D eigenvalue weighted by molar-refractivity contribution is 0.0764. The van der Waals surface area contributed by atoms with Gasteiger partial charge in [0.05, 0.1) is 6.04 Å². The van der Waals surface area contributed by atoms with Gasteiger partial charge < -0.3 is 20.2 Å². The van der Waals surface area contributed by atoms with Crippen LogP contribution in [-0.2, 0) is 6.42 Å². The van der Waals surface area contributed by atoms with Crippen molar-refractivity contribution in [3.05, 3.63) is 95.3 Å². The summed E-state index contributed by atoms with van der Waals surface area (Å²) >= 11 is 0. The number of pyridine rings is 1. The highest BCUT2D eigenvalue weighted by molar-refractivity contribution is 5.95. The lowest BCUT2D eigenvalue weighted by Crippen LogP contribution is -2.42. The Hall–Kier alpha value is -3.80. The molecule has 196 valence electrons. The molecule has 1 spiro atoms. The first kappa shape index (κ1) is 24.5. The molecule has 1 aromatic heterocycles. The predicted molar refractivity (Wildman–Crippen MR) is 151 cm³/mol. The second kappa shape index (κ2) is 9.82. The average molecular weight is 509 g/mol. The van der Waals surface area contributed by atoms with Crippen molar-refractivity contribution < 1.29 is 9.90 Å². The lowest BCUT2D eigenvalue weighted by atomic mass is 9.77. The maximum atomic E-state index is 13.6. The summed E-state index contributed by atoms with van der Waals surface area (Å²) in [7, 11) is 0. The molecule has 38 heavy (non-hydrogen) atoms. The standard InChI is InChI=1S/C32H36N4O2/c1-22-3-7-27(37)20-28(22)23(2)34-30-8-6-24-4-5-25(19-29(24)30)31(38)36-18-13-32(21-36)11-16-35(17-12-32)26-9-14-33-15-10-26/h3-5,7,9-10,14-15,19-20,30,34,37H,2,6,8,11-13,16-18,21H2,1H3.